The third-order valence-electron chi connectivity index (χ3n) is 6.39. The lowest BCUT2D eigenvalue weighted by atomic mass is 9.98. The lowest BCUT2D eigenvalue weighted by Crippen LogP contribution is -2.44. The summed E-state index contributed by atoms with van der Waals surface area (Å²) in [7, 11) is 1.72. The van der Waals surface area contributed by atoms with Crippen molar-refractivity contribution in [1.29, 1.82) is 0 Å². The number of carbonyl (C=O) groups is 1. The van der Waals surface area contributed by atoms with Crippen LogP contribution in [-0.4, -0.2) is 43.6 Å². The number of nitrogens with zero attached hydrogens (tertiary/aromatic N) is 1. The molecule has 1 aliphatic rings. The highest BCUT2D eigenvalue weighted by Gasteiger charge is 2.20. The van der Waals surface area contributed by atoms with Gasteiger partial charge in [-0.1, -0.05) is 63.9 Å². The van der Waals surface area contributed by atoms with Gasteiger partial charge in [0, 0.05) is 23.7 Å². The summed E-state index contributed by atoms with van der Waals surface area (Å²) in [5.74, 6) is 1.45. The number of aryl methyl sites for hydroxylation is 1. The molecule has 0 aliphatic carbocycles. The van der Waals surface area contributed by atoms with Crippen molar-refractivity contribution in [1.82, 2.24) is 10.2 Å². The molecule has 1 amide bonds. The smallest absolute Gasteiger partial charge is 0.251 e. The van der Waals surface area contributed by atoms with Gasteiger partial charge in [-0.3, -0.25) is 4.79 Å². The van der Waals surface area contributed by atoms with Crippen molar-refractivity contribution in [2.24, 2.45) is 5.92 Å². The Morgan fingerprint density at radius 2 is 1.78 bits per heavy atom. The number of likely N-dealkylation sites (tertiary alicyclic amines) is 1. The highest BCUT2D eigenvalue weighted by Crippen LogP contribution is 2.33. The Labute approximate surface area is 194 Å². The fourth-order valence-electron chi connectivity index (χ4n) is 4.81. The second kappa shape index (κ2) is 12.1. The maximum atomic E-state index is 13.2. The summed E-state index contributed by atoms with van der Waals surface area (Å²) in [5, 5.41) is 3.35. The Kier molecular flexibility index (Phi) is 9.16. The predicted molar refractivity (Wildman–Crippen MR) is 133 cm³/mol. The number of para-hydroxylation sites is 1. The zero-order valence-electron chi connectivity index (χ0n) is 20.3. The van der Waals surface area contributed by atoms with Crippen molar-refractivity contribution in [2.75, 3.05) is 26.7 Å². The highest BCUT2D eigenvalue weighted by atomic mass is 16.5. The van der Waals surface area contributed by atoms with E-state index in [4.69, 9.17) is 4.74 Å². The molecule has 0 spiro atoms. The number of amides is 1. The number of hydrogen-bond donors (Lipinski definition) is 1. The normalized spacial score (nSPS) is 15.9. The standard InChI is InChI=1S/C28H40N2O2/c1-5-22-12-11-15-26(27(22)32-4)23-13-10-14-24(19-23)28(31)29-25(18-21(2)3)20-30-16-8-6-7-9-17-30/h10-15,19,21,25H,5-9,16-18,20H2,1-4H3,(H,29,31)/t25-/m1/s1. The first-order chi connectivity index (χ1) is 15.5. The van der Waals surface area contributed by atoms with Crippen molar-refractivity contribution < 1.29 is 9.53 Å². The summed E-state index contributed by atoms with van der Waals surface area (Å²) in [4.78, 5) is 15.8. The molecule has 1 fully saturated rings. The monoisotopic (exact) mass is 436 g/mol. The average Bonchev–Trinajstić information content (AvgIpc) is 3.06. The minimum atomic E-state index is 0.0120. The van der Waals surface area contributed by atoms with Gasteiger partial charge in [0.1, 0.15) is 5.75 Å². The first-order valence-corrected chi connectivity index (χ1v) is 12.3. The summed E-state index contributed by atoms with van der Waals surface area (Å²) < 4.78 is 5.72. The number of hydrogen-bond acceptors (Lipinski definition) is 3. The van der Waals surface area contributed by atoms with E-state index in [0.717, 1.165) is 49.4 Å². The van der Waals surface area contributed by atoms with Crippen molar-refractivity contribution in [3.05, 3.63) is 53.6 Å². The minimum Gasteiger partial charge on any atom is -0.496 e. The molecule has 4 heteroatoms. The molecule has 1 heterocycles. The summed E-state index contributed by atoms with van der Waals surface area (Å²) in [6.45, 7) is 9.83. The van der Waals surface area contributed by atoms with E-state index >= 15 is 0 Å². The van der Waals surface area contributed by atoms with E-state index in [1.54, 1.807) is 7.11 Å². The Balaban J connectivity index is 1.77. The van der Waals surface area contributed by atoms with Crippen LogP contribution in [0.1, 0.15) is 68.8 Å². The van der Waals surface area contributed by atoms with Crippen LogP contribution < -0.4 is 10.1 Å². The maximum absolute atomic E-state index is 13.2. The van der Waals surface area contributed by atoms with Gasteiger partial charge < -0.3 is 15.0 Å². The van der Waals surface area contributed by atoms with Crippen LogP contribution in [0.5, 0.6) is 5.75 Å². The minimum absolute atomic E-state index is 0.0120. The first kappa shape index (κ1) is 24.3. The largest absolute Gasteiger partial charge is 0.496 e. The van der Waals surface area contributed by atoms with E-state index in [0.29, 0.717) is 11.5 Å². The second-order valence-corrected chi connectivity index (χ2v) is 9.45. The third kappa shape index (κ3) is 6.59. The topological polar surface area (TPSA) is 41.6 Å². The molecular weight excluding hydrogens is 396 g/mol. The molecule has 0 unspecified atom stereocenters. The second-order valence-electron chi connectivity index (χ2n) is 9.45. The molecule has 1 saturated heterocycles. The Morgan fingerprint density at radius 1 is 1.06 bits per heavy atom. The number of methoxy groups -OCH3 is 1. The van der Waals surface area contributed by atoms with Crippen molar-refractivity contribution in [2.45, 2.75) is 65.3 Å². The Morgan fingerprint density at radius 3 is 2.44 bits per heavy atom. The summed E-state index contributed by atoms with van der Waals surface area (Å²) in [6, 6.07) is 14.3. The van der Waals surface area contributed by atoms with E-state index in [-0.39, 0.29) is 11.9 Å². The van der Waals surface area contributed by atoms with Gasteiger partial charge in [-0.05, 0) is 68.0 Å². The molecule has 0 radical (unpaired) electrons. The molecule has 1 aliphatic heterocycles. The van der Waals surface area contributed by atoms with Crippen LogP contribution in [0.2, 0.25) is 0 Å². The molecular formula is C28H40N2O2. The Bertz CT molecular complexity index is 869. The predicted octanol–water partition coefficient (Wildman–Crippen LogP) is 5.95. The quantitative estimate of drug-likeness (QED) is 0.528. The molecule has 2 aromatic carbocycles. The molecule has 0 saturated carbocycles. The van der Waals surface area contributed by atoms with Gasteiger partial charge in [-0.15, -0.1) is 0 Å². The van der Waals surface area contributed by atoms with Crippen molar-refractivity contribution in [3.8, 4) is 16.9 Å². The number of benzene rings is 2. The number of carbonyl (C=O) groups excluding carboxylic acids is 1. The summed E-state index contributed by atoms with van der Waals surface area (Å²) in [5.41, 5.74) is 3.92. The van der Waals surface area contributed by atoms with Gasteiger partial charge in [0.2, 0.25) is 0 Å². The zero-order valence-corrected chi connectivity index (χ0v) is 20.3. The number of rotatable bonds is 9. The van der Waals surface area contributed by atoms with E-state index in [2.05, 4.69) is 55.3 Å². The maximum Gasteiger partial charge on any atom is 0.251 e. The van der Waals surface area contributed by atoms with Gasteiger partial charge in [-0.2, -0.15) is 0 Å². The molecule has 3 rings (SSSR count). The summed E-state index contributed by atoms with van der Waals surface area (Å²) >= 11 is 0. The molecule has 0 aromatic heterocycles. The van der Waals surface area contributed by atoms with Crippen molar-refractivity contribution in [3.63, 3.8) is 0 Å². The number of nitrogens with one attached hydrogen (secondary N) is 1. The van der Waals surface area contributed by atoms with Crippen LogP contribution in [0.15, 0.2) is 42.5 Å². The summed E-state index contributed by atoms with van der Waals surface area (Å²) in [6.07, 6.45) is 7.09. The lowest BCUT2D eigenvalue weighted by molar-refractivity contribution is 0.0918. The Hall–Kier alpha value is -2.33. The number of ether oxygens (including phenoxy) is 1. The molecule has 174 valence electrons. The molecule has 2 aromatic rings. The lowest BCUT2D eigenvalue weighted by Gasteiger charge is -2.28. The zero-order chi connectivity index (χ0) is 22.9. The van der Waals surface area contributed by atoms with E-state index in [1.165, 1.54) is 31.2 Å². The molecule has 0 bridgehead atoms. The van der Waals surface area contributed by atoms with Gasteiger partial charge >= 0.3 is 0 Å². The van der Waals surface area contributed by atoms with Crippen LogP contribution in [0.25, 0.3) is 11.1 Å². The third-order valence-corrected chi connectivity index (χ3v) is 6.39. The fraction of sp³-hybridized carbons (Fsp3) is 0.536. The van der Waals surface area contributed by atoms with Crippen molar-refractivity contribution >= 4 is 5.91 Å². The highest BCUT2D eigenvalue weighted by molar-refractivity contribution is 5.96. The molecule has 32 heavy (non-hydrogen) atoms. The first-order valence-electron chi connectivity index (χ1n) is 12.3. The van der Waals surface area contributed by atoms with Crippen LogP contribution in [0, 0.1) is 5.92 Å². The fourth-order valence-corrected chi connectivity index (χ4v) is 4.81. The van der Waals surface area contributed by atoms with Crippen LogP contribution >= 0.6 is 0 Å². The van der Waals surface area contributed by atoms with Gasteiger partial charge in [0.15, 0.2) is 0 Å². The van der Waals surface area contributed by atoms with Gasteiger partial charge in [0.25, 0.3) is 5.91 Å². The molecule has 1 N–H and O–H groups in total. The van der Waals surface area contributed by atoms with Crippen LogP contribution in [0.4, 0.5) is 0 Å². The molecule has 4 nitrogen and oxygen atoms in total. The van der Waals surface area contributed by atoms with Crippen LogP contribution in [-0.2, 0) is 6.42 Å². The van der Waals surface area contributed by atoms with Crippen LogP contribution in [0.3, 0.4) is 0 Å². The van der Waals surface area contributed by atoms with E-state index < -0.39 is 0 Å². The van der Waals surface area contributed by atoms with Gasteiger partial charge in [-0.25, -0.2) is 0 Å². The van der Waals surface area contributed by atoms with Gasteiger partial charge in [0.05, 0.1) is 7.11 Å². The average molecular weight is 437 g/mol. The molecule has 1 atom stereocenters. The van der Waals surface area contributed by atoms with E-state index in [1.807, 2.05) is 18.2 Å². The van der Waals surface area contributed by atoms with E-state index in [9.17, 15) is 4.79 Å². The SMILES string of the molecule is CCc1cccc(-c2cccc(C(=O)N[C@H](CC(C)C)CN3CCCCCC3)c2)c1OC.